The Kier molecular flexibility index (Phi) is 5.50. The number of halogens is 3. The molecule has 0 saturated heterocycles. The average molecular weight is 351 g/mol. The predicted molar refractivity (Wildman–Crippen MR) is 75.5 cm³/mol. The molecule has 0 amide bonds. The van der Waals surface area contributed by atoms with Gasteiger partial charge in [-0.2, -0.15) is 0 Å². The molecule has 0 radical (unpaired) electrons. The number of ether oxygens (including phenoxy) is 2. The number of benzene rings is 1. The Morgan fingerprint density at radius 3 is 2.45 bits per heavy atom. The number of carbonyl (C=O) groups excluding carboxylic acids is 1. The lowest BCUT2D eigenvalue weighted by atomic mass is 10.1. The van der Waals surface area contributed by atoms with Gasteiger partial charge in [-0.25, -0.2) is 13.6 Å². The Labute approximate surface area is 125 Å². The van der Waals surface area contributed by atoms with E-state index in [1.807, 2.05) is 0 Å². The summed E-state index contributed by atoms with van der Waals surface area (Å²) in [5.74, 6) is -0.279. The van der Waals surface area contributed by atoms with E-state index in [0.717, 1.165) is 0 Å². The second kappa shape index (κ2) is 6.52. The topological polar surface area (TPSA) is 35.5 Å². The van der Waals surface area contributed by atoms with Gasteiger partial charge in [0.2, 0.25) is 0 Å². The predicted octanol–water partition coefficient (Wildman–Crippen LogP) is 4.36. The van der Waals surface area contributed by atoms with Gasteiger partial charge in [0.05, 0.1) is 5.56 Å². The molecule has 0 saturated carbocycles. The third-order valence-corrected chi connectivity index (χ3v) is 2.99. The molecule has 0 aliphatic heterocycles. The Bertz CT molecular complexity index is 496. The van der Waals surface area contributed by atoms with Crippen LogP contribution in [0.4, 0.5) is 8.78 Å². The highest BCUT2D eigenvalue weighted by atomic mass is 79.9. The third-order valence-electron chi connectivity index (χ3n) is 2.33. The number of hydrogen-bond acceptors (Lipinski definition) is 3. The van der Waals surface area contributed by atoms with E-state index in [0.29, 0.717) is 10.0 Å². The second-order valence-electron chi connectivity index (χ2n) is 5.25. The summed E-state index contributed by atoms with van der Waals surface area (Å²) >= 11 is 3.26. The zero-order valence-corrected chi connectivity index (χ0v) is 13.4. The van der Waals surface area contributed by atoms with Crippen molar-refractivity contribution in [2.45, 2.75) is 39.7 Å². The second-order valence-corrected chi connectivity index (χ2v) is 6.10. The fraction of sp³-hybridized carbons (Fsp3) is 0.500. The Morgan fingerprint density at radius 2 is 1.95 bits per heavy atom. The maximum atomic E-state index is 12.2. The first-order chi connectivity index (χ1) is 9.11. The van der Waals surface area contributed by atoms with Gasteiger partial charge >= 0.3 is 5.97 Å². The maximum absolute atomic E-state index is 12.2. The van der Waals surface area contributed by atoms with Crippen LogP contribution in [0.2, 0.25) is 0 Å². The molecule has 0 heterocycles. The lowest BCUT2D eigenvalue weighted by molar-refractivity contribution is 0.00671. The number of hydrogen-bond donors (Lipinski definition) is 0. The Balaban J connectivity index is 3.06. The summed E-state index contributed by atoms with van der Waals surface area (Å²) in [5.41, 5.74) is 0.115. The molecule has 20 heavy (non-hydrogen) atoms. The summed E-state index contributed by atoms with van der Waals surface area (Å²) in [6.07, 6.45) is -2.57. The lowest BCUT2D eigenvalue weighted by Crippen LogP contribution is -2.24. The van der Waals surface area contributed by atoms with E-state index in [1.165, 1.54) is 6.07 Å². The molecular formula is C14H17BrF2O3. The van der Waals surface area contributed by atoms with Crippen molar-refractivity contribution in [1.82, 2.24) is 0 Å². The van der Waals surface area contributed by atoms with Crippen molar-refractivity contribution in [3.8, 4) is 5.75 Å². The average Bonchev–Trinajstić information content (AvgIpc) is 2.25. The standard InChI is InChI=1S/C14H17BrF2O3/c1-8-10(19-7-11(16)17)6-5-9(15)12(8)13(18)20-14(2,3)4/h5-6,11H,7H2,1-4H3. The van der Waals surface area contributed by atoms with E-state index in [-0.39, 0.29) is 11.3 Å². The van der Waals surface area contributed by atoms with Crippen LogP contribution in [-0.4, -0.2) is 24.6 Å². The van der Waals surface area contributed by atoms with Crippen LogP contribution in [0.5, 0.6) is 5.75 Å². The van der Waals surface area contributed by atoms with E-state index in [9.17, 15) is 13.6 Å². The minimum atomic E-state index is -2.57. The Hall–Kier alpha value is -1.17. The molecule has 1 rings (SSSR count). The normalized spacial score (nSPS) is 11.6. The zero-order chi connectivity index (χ0) is 15.5. The van der Waals surface area contributed by atoms with Crippen molar-refractivity contribution in [1.29, 1.82) is 0 Å². The molecule has 0 N–H and O–H groups in total. The molecule has 0 aliphatic rings. The smallest absolute Gasteiger partial charge is 0.340 e. The molecule has 0 aliphatic carbocycles. The van der Waals surface area contributed by atoms with Crippen LogP contribution in [0.15, 0.2) is 16.6 Å². The Morgan fingerprint density at radius 1 is 1.35 bits per heavy atom. The van der Waals surface area contributed by atoms with E-state index in [4.69, 9.17) is 9.47 Å². The van der Waals surface area contributed by atoms with Crippen LogP contribution in [0.25, 0.3) is 0 Å². The van der Waals surface area contributed by atoms with Crippen molar-refractivity contribution in [2.24, 2.45) is 0 Å². The van der Waals surface area contributed by atoms with E-state index >= 15 is 0 Å². The van der Waals surface area contributed by atoms with Gasteiger partial charge in [0.1, 0.15) is 18.0 Å². The van der Waals surface area contributed by atoms with E-state index in [1.54, 1.807) is 33.8 Å². The molecule has 0 spiro atoms. The van der Waals surface area contributed by atoms with Crippen LogP contribution < -0.4 is 4.74 Å². The van der Waals surface area contributed by atoms with Crippen LogP contribution >= 0.6 is 15.9 Å². The molecule has 0 aromatic heterocycles. The van der Waals surface area contributed by atoms with Gasteiger partial charge < -0.3 is 9.47 Å². The van der Waals surface area contributed by atoms with Gasteiger partial charge in [0.25, 0.3) is 6.43 Å². The van der Waals surface area contributed by atoms with Gasteiger partial charge in [-0.3, -0.25) is 0 Å². The first-order valence-corrected chi connectivity index (χ1v) is 6.84. The van der Waals surface area contributed by atoms with Crippen molar-refractivity contribution in [3.63, 3.8) is 0 Å². The fourth-order valence-electron chi connectivity index (χ4n) is 1.55. The van der Waals surface area contributed by atoms with Crippen molar-refractivity contribution < 1.29 is 23.0 Å². The molecule has 112 valence electrons. The number of esters is 1. The third kappa shape index (κ3) is 4.74. The molecule has 0 atom stereocenters. The van der Waals surface area contributed by atoms with Crippen LogP contribution in [-0.2, 0) is 4.74 Å². The summed E-state index contributed by atoms with van der Waals surface area (Å²) in [4.78, 5) is 12.1. The van der Waals surface area contributed by atoms with Crippen LogP contribution in [0.1, 0.15) is 36.7 Å². The van der Waals surface area contributed by atoms with Gasteiger partial charge in [0, 0.05) is 10.0 Å². The van der Waals surface area contributed by atoms with Crippen molar-refractivity contribution in [2.75, 3.05) is 6.61 Å². The summed E-state index contributed by atoms with van der Waals surface area (Å²) in [5, 5.41) is 0. The largest absolute Gasteiger partial charge is 0.487 e. The summed E-state index contributed by atoms with van der Waals surface area (Å²) in [6.45, 7) is 6.18. The monoisotopic (exact) mass is 350 g/mol. The summed E-state index contributed by atoms with van der Waals surface area (Å²) in [6, 6.07) is 3.11. The first-order valence-electron chi connectivity index (χ1n) is 6.05. The molecule has 1 aromatic carbocycles. The molecule has 6 heteroatoms. The fourth-order valence-corrected chi connectivity index (χ4v) is 2.14. The molecule has 0 unspecified atom stereocenters. The number of alkyl halides is 2. The summed E-state index contributed by atoms with van der Waals surface area (Å²) < 4.78 is 35.2. The number of carbonyl (C=O) groups is 1. The van der Waals surface area contributed by atoms with Gasteiger partial charge in [-0.1, -0.05) is 0 Å². The van der Waals surface area contributed by atoms with Crippen LogP contribution in [0, 0.1) is 6.92 Å². The van der Waals surface area contributed by atoms with Gasteiger partial charge in [0.15, 0.2) is 0 Å². The highest BCUT2D eigenvalue weighted by Crippen LogP contribution is 2.30. The molecule has 3 nitrogen and oxygen atoms in total. The SMILES string of the molecule is Cc1c(OCC(F)F)ccc(Br)c1C(=O)OC(C)(C)C. The minimum absolute atomic E-state index is 0.245. The molecular weight excluding hydrogens is 334 g/mol. The van der Waals surface area contributed by atoms with Crippen LogP contribution in [0.3, 0.4) is 0 Å². The quantitative estimate of drug-likeness (QED) is 0.757. The van der Waals surface area contributed by atoms with Gasteiger partial charge in [-0.15, -0.1) is 0 Å². The van der Waals surface area contributed by atoms with Crippen molar-refractivity contribution in [3.05, 3.63) is 27.7 Å². The molecule has 1 aromatic rings. The summed E-state index contributed by atoms with van der Waals surface area (Å²) in [7, 11) is 0. The van der Waals surface area contributed by atoms with Gasteiger partial charge in [-0.05, 0) is 55.8 Å². The minimum Gasteiger partial charge on any atom is -0.487 e. The lowest BCUT2D eigenvalue weighted by Gasteiger charge is -2.21. The molecule has 0 bridgehead atoms. The van der Waals surface area contributed by atoms with Crippen molar-refractivity contribution >= 4 is 21.9 Å². The zero-order valence-electron chi connectivity index (χ0n) is 11.8. The van der Waals surface area contributed by atoms with E-state index in [2.05, 4.69) is 15.9 Å². The molecule has 0 fully saturated rings. The maximum Gasteiger partial charge on any atom is 0.340 e. The van der Waals surface area contributed by atoms with E-state index < -0.39 is 24.6 Å². The highest BCUT2D eigenvalue weighted by molar-refractivity contribution is 9.10. The number of rotatable bonds is 4. The first kappa shape index (κ1) is 16.9. The highest BCUT2D eigenvalue weighted by Gasteiger charge is 2.23.